The first-order chi connectivity index (χ1) is 63.0. The first-order valence-corrected chi connectivity index (χ1v) is 51.2. The zero-order valence-electron chi connectivity index (χ0n) is 81.8. The molecular formula is C98H132Cl3FeN6O24S3. The summed E-state index contributed by atoms with van der Waals surface area (Å²) in [4.78, 5) is 161. The topological polar surface area (TPSA) is 392 Å². The number of rotatable bonds is 31. The molecule has 11 rings (SSSR count). The molecule has 30 nitrogen and oxygen atoms in total. The van der Waals surface area contributed by atoms with Crippen molar-refractivity contribution in [2.45, 2.75) is 245 Å². The molecule has 4 aromatic carbocycles. The average Bonchev–Trinajstić information content (AvgIpc) is 1.64. The molecule has 135 heavy (non-hydrogen) atoms. The van der Waals surface area contributed by atoms with Gasteiger partial charge < -0.3 is 58.0 Å². The third-order valence-corrected chi connectivity index (χ3v) is 23.7. The van der Waals surface area contributed by atoms with Crippen LogP contribution in [0, 0.1) is 44.4 Å². The Morgan fingerprint density at radius 3 is 1.05 bits per heavy atom. The van der Waals surface area contributed by atoms with Crippen molar-refractivity contribution >= 4 is 131 Å². The van der Waals surface area contributed by atoms with E-state index in [1.807, 2.05) is 151 Å². The molecule has 1 saturated heterocycles. The van der Waals surface area contributed by atoms with Gasteiger partial charge in [-0.15, -0.1) is 34.0 Å². The minimum atomic E-state index is -1.83. The smallest absolute Gasteiger partial charge is 0.106 e. The molecular weight excluding hydrogens is 1900 g/mol. The predicted octanol–water partition coefficient (Wildman–Crippen LogP) is 18.3. The fourth-order valence-corrected chi connectivity index (χ4v) is 16.4. The molecule has 0 saturated carbocycles. The van der Waals surface area contributed by atoms with Crippen LogP contribution < -0.4 is 33.7 Å². The van der Waals surface area contributed by atoms with Crippen molar-refractivity contribution in [1.82, 2.24) is 27.8 Å². The average molecular weight is 2040 g/mol. The van der Waals surface area contributed by atoms with Crippen LogP contribution in [-0.4, -0.2) is 150 Å². The molecule has 4 atom stereocenters. The van der Waals surface area contributed by atoms with E-state index in [0.29, 0.717) is 65.9 Å². The number of benzene rings is 4. The van der Waals surface area contributed by atoms with Gasteiger partial charge in [0.2, 0.25) is 0 Å². The van der Waals surface area contributed by atoms with Gasteiger partial charge in [-0.05, 0) is 187 Å². The number of aliphatic hydroxyl groups is 2. The van der Waals surface area contributed by atoms with Crippen molar-refractivity contribution in [2.75, 3.05) is 59.5 Å². The fraction of sp³-hybridized carbons (Fsp3) is 0.510. The number of carboxylic acid groups (broad SMARTS) is 1. The first-order valence-electron chi connectivity index (χ1n) is 44.2. The summed E-state index contributed by atoms with van der Waals surface area (Å²) in [6.07, 6.45) is -0.861. The maximum Gasteiger partial charge on any atom is 0.106 e. The molecule has 37 heteroatoms. The molecule has 10 aromatic rings. The van der Waals surface area contributed by atoms with Gasteiger partial charge in [0.1, 0.15) is 81.4 Å². The Morgan fingerprint density at radius 1 is 0.452 bits per heavy atom. The molecule has 4 N–H and O–H groups in total. The quantitative estimate of drug-likeness (QED) is 0.0136. The zero-order chi connectivity index (χ0) is 102. The van der Waals surface area contributed by atoms with E-state index in [-0.39, 0.29) is 97.9 Å². The summed E-state index contributed by atoms with van der Waals surface area (Å²) in [5.41, 5.74) is -5.77. The maximum absolute atomic E-state index is 14.2. The Hall–Kier alpha value is -9.23. The third kappa shape index (κ3) is 32.7. The number of carbonyl (C=O) groups excluding carboxylic acids is 5. The van der Waals surface area contributed by atoms with Gasteiger partial charge in [-0.25, -0.2) is 56.9 Å². The Kier molecular flexibility index (Phi) is 45.2. The molecule has 0 aliphatic carbocycles. The summed E-state index contributed by atoms with van der Waals surface area (Å²) in [5, 5.41) is 27.6. The van der Waals surface area contributed by atoms with Gasteiger partial charge in [0, 0.05) is 26.4 Å². The third-order valence-electron chi connectivity index (χ3n) is 19.9. The van der Waals surface area contributed by atoms with Gasteiger partial charge in [0.25, 0.3) is 16.7 Å². The van der Waals surface area contributed by atoms with Gasteiger partial charge in [0.05, 0.1) is 62.3 Å². The number of aliphatic hydroxyl groups excluding tert-OH is 2. The van der Waals surface area contributed by atoms with Gasteiger partial charge in [-0.2, -0.15) is 0 Å². The number of fused-ring (bicyclic) bond motifs is 3. The van der Waals surface area contributed by atoms with Crippen LogP contribution >= 0.6 is 64.3 Å². The minimum Gasteiger partial charge on any atom is -0.368 e. The van der Waals surface area contributed by atoms with Crippen molar-refractivity contribution in [3.63, 3.8) is 0 Å². The normalized spacial score (nSPS) is 13.4. The monoisotopic (exact) mass is 2030 g/mol. The van der Waals surface area contributed by atoms with Crippen molar-refractivity contribution in [3.05, 3.63) is 237 Å². The summed E-state index contributed by atoms with van der Waals surface area (Å²) < 4.78 is 54.8. The molecule has 0 spiro atoms. The number of nitrogens with zero attached hydrogens (tertiary/aromatic N) is 5. The number of H-pyrrole nitrogens is 1. The molecule has 1 aliphatic heterocycles. The summed E-state index contributed by atoms with van der Waals surface area (Å²) in [5.74, 6) is -3.10. The van der Waals surface area contributed by atoms with Crippen molar-refractivity contribution in [1.29, 1.82) is 0 Å². The van der Waals surface area contributed by atoms with E-state index in [9.17, 15) is 62.6 Å². The number of nitrogens with one attached hydrogen (secondary N) is 1. The second-order valence-electron chi connectivity index (χ2n) is 36.5. The Bertz CT molecular complexity index is 5980. The summed E-state index contributed by atoms with van der Waals surface area (Å²) in [6.45, 7) is 48.2. The second kappa shape index (κ2) is 52.5. The Morgan fingerprint density at radius 2 is 0.748 bits per heavy atom. The SMILES string of the molecule is CC(C)CO.CC(C)CO[C@@H](CO)c1ccccc1.CCOC(=O)c1sc2[nH]c(=O)n(C(C)(C)C(=O)OC(C)(C)C)c(=O)c2c1C.CCOC(=O)c1sc2c(c1C)c(=O)n(C(C)(C)C(=O)O)c(=O)n2C[C@H](OCC(C)C)c1ccccc1.CCOC(=O)c1sc2c(c1C)c(=O)n(C(C)(C)C(=O)OC(C)(C)C)c(=O)n2C[C@H](OCC(C)C)c1ccccc1.[Cl][Fe]([Cl])[Cl].c1ccc([C@H]2CO2)cc1. The van der Waals surface area contributed by atoms with E-state index >= 15 is 0 Å². The van der Waals surface area contributed by atoms with E-state index in [2.05, 4.69) is 31.0 Å². The van der Waals surface area contributed by atoms with Crippen LogP contribution in [0.2, 0.25) is 0 Å². The predicted molar refractivity (Wildman–Crippen MR) is 528 cm³/mol. The van der Waals surface area contributed by atoms with Crippen molar-refractivity contribution < 1.29 is 97.9 Å². The number of halogens is 3. The number of esters is 5. The number of epoxide rings is 1. The number of aromatic amines is 1. The number of aromatic nitrogens is 6. The Labute approximate surface area is 816 Å². The molecule has 7 heterocycles. The number of carboxylic acids is 1. The molecule has 0 amide bonds. The van der Waals surface area contributed by atoms with Crippen LogP contribution in [0.15, 0.2) is 150 Å². The van der Waals surface area contributed by atoms with Crippen LogP contribution in [0.3, 0.4) is 0 Å². The maximum atomic E-state index is 14.2. The van der Waals surface area contributed by atoms with Gasteiger partial charge in [0.15, 0.2) is 0 Å². The van der Waals surface area contributed by atoms with Crippen LogP contribution in [0.5, 0.6) is 0 Å². The van der Waals surface area contributed by atoms with Gasteiger partial charge >= 0.3 is 94.3 Å². The standard InChI is InChI=1S/C30H40N2O7S.C26H32N2O7S.C18H24N2O6S.C12H18O2.C8H8O.C4H10O.3ClH.Fe/c1-10-37-26(34)23-19(4)22-24(33)32(30(8,9)27(35)39-29(5,6)7)28(36)31(25(22)40-23)16-21(38-17-18(2)3)20-14-12-11-13-15-20;1-7-34-23(30)20-16(4)19-21(29)28(26(5,6)24(31)32)25(33)27(22(19)36-20)13-18(35-14-15(2)3)17-11-9-8-10-12-17;1-8-25-14(22)11-9(2)10-12(27-11)19-16(24)20(13(10)21)18(6,7)15(23)26-17(3,4)5;1-10(2)9-14-12(8-13)11-6-4-3-5-7-11;1-2-4-7(5-3-1)8-6-9-8;1-4(2)3-5;;;;/h11-15,18,21H,10,16-17H2,1-9H3;8-12,15,18H,7,13-14H2,1-6H3,(H,31,32);8H2,1-7H3,(H,19,24);3-7,10,12-13H,8-9H2,1-2H3;1-5,8H,6H2;4-5H,3H2,1-2H3;3*1H;/q;;;;;;;;;+3/p-3/t21-;18-;;12-;8-;;;;;/m00.01...../s1. The largest absolute Gasteiger partial charge is 0.368 e. The summed E-state index contributed by atoms with van der Waals surface area (Å²) in [6, 6.07) is 39.0. The first kappa shape index (κ1) is 116. The molecule has 0 unspecified atom stereocenters. The van der Waals surface area contributed by atoms with Crippen molar-refractivity contribution in [3.8, 4) is 0 Å². The van der Waals surface area contributed by atoms with E-state index in [4.69, 9.17) is 83.1 Å². The van der Waals surface area contributed by atoms with Crippen molar-refractivity contribution in [2.24, 2.45) is 23.7 Å². The molecule has 0 bridgehead atoms. The number of aryl methyl sites for hydroxylation is 3. The number of hydrogen-bond donors (Lipinski definition) is 4. The molecule has 6 aromatic heterocycles. The second-order valence-corrected chi connectivity index (χ2v) is 45.0. The van der Waals surface area contributed by atoms with Crippen LogP contribution in [0.4, 0.5) is 0 Å². The van der Waals surface area contributed by atoms with E-state index < -0.39 is 121 Å². The molecule has 0 radical (unpaired) electrons. The summed E-state index contributed by atoms with van der Waals surface area (Å²) in [7, 11) is 14.7. The van der Waals surface area contributed by atoms with Crippen LogP contribution in [-0.2, 0) is 97.9 Å². The fourth-order valence-electron chi connectivity index (χ4n) is 12.9. The van der Waals surface area contributed by atoms with E-state index in [1.54, 1.807) is 83.1 Å². The molecule has 1 aliphatic rings. The number of hydrogen-bond acceptors (Lipinski definition) is 26. The van der Waals surface area contributed by atoms with E-state index in [0.717, 1.165) is 71.0 Å². The van der Waals surface area contributed by atoms with E-state index in [1.165, 1.54) is 56.2 Å². The van der Waals surface area contributed by atoms with Crippen LogP contribution in [0.25, 0.3) is 30.6 Å². The van der Waals surface area contributed by atoms with Gasteiger partial charge in [-0.3, -0.25) is 28.5 Å². The molecule has 745 valence electrons. The van der Waals surface area contributed by atoms with Crippen LogP contribution in [0.1, 0.15) is 252 Å². The number of ether oxygens (including phenoxy) is 9. The summed E-state index contributed by atoms with van der Waals surface area (Å²) >= 11 is 1.66. The van der Waals surface area contributed by atoms with Gasteiger partial charge in [-0.1, -0.05) is 177 Å². The molecule has 1 fully saturated rings. The number of carbonyl (C=O) groups is 6. The Balaban J connectivity index is 0.000000309. The number of aliphatic carboxylic acids is 1. The zero-order valence-corrected chi connectivity index (χ0v) is 87.6. The minimum absolute atomic E-state index is 0.0181. The number of thiophene rings is 3.